The highest BCUT2D eigenvalue weighted by Gasteiger charge is 2.05. The van der Waals surface area contributed by atoms with E-state index in [1.54, 1.807) is 6.26 Å². The first-order valence-corrected chi connectivity index (χ1v) is 7.88. The maximum Gasteiger partial charge on any atom is 0.205 e. The van der Waals surface area contributed by atoms with Crippen LogP contribution in [-0.2, 0) is 15.5 Å². The van der Waals surface area contributed by atoms with Crippen LogP contribution in [0.2, 0.25) is 0 Å². The fourth-order valence-corrected chi connectivity index (χ4v) is 1.66. The van der Waals surface area contributed by atoms with Crippen molar-refractivity contribution in [1.82, 2.24) is 10.7 Å². The molecule has 0 saturated carbocycles. The summed E-state index contributed by atoms with van der Waals surface area (Å²) in [6.07, 6.45) is 3.41. The first kappa shape index (κ1) is 17.3. The van der Waals surface area contributed by atoms with Crippen LogP contribution in [0.3, 0.4) is 0 Å². The Morgan fingerprint density at radius 2 is 2.28 bits per heavy atom. The minimum absolute atomic E-state index is 0.175. The van der Waals surface area contributed by atoms with Gasteiger partial charge in [-0.2, -0.15) is 0 Å². The molecule has 0 radical (unpaired) electrons. The number of hydrogen-bond acceptors (Lipinski definition) is 4. The van der Waals surface area contributed by atoms with Crippen LogP contribution in [0.1, 0.15) is 26.7 Å². The molecule has 7 heteroatoms. The smallest absolute Gasteiger partial charge is 0.205 e. The molecule has 0 aliphatic carbocycles. The van der Waals surface area contributed by atoms with Gasteiger partial charge in [-0.15, -0.1) is 0 Å². The summed E-state index contributed by atoms with van der Waals surface area (Å²) in [5.74, 6) is 5.93. The van der Waals surface area contributed by atoms with Gasteiger partial charge in [0.15, 0.2) is 0 Å². The Morgan fingerprint density at radius 1 is 1.56 bits per heavy atom. The minimum atomic E-state index is -0.784. The van der Waals surface area contributed by atoms with Crippen molar-refractivity contribution in [3.8, 4) is 0 Å². The predicted octanol–water partition coefficient (Wildman–Crippen LogP) is -0.0210. The first-order valence-electron chi connectivity index (χ1n) is 6.26. The van der Waals surface area contributed by atoms with Gasteiger partial charge in [0.1, 0.15) is 0 Å². The van der Waals surface area contributed by atoms with Crippen LogP contribution in [-0.4, -0.2) is 48.0 Å². The fraction of sp³-hybridized carbons (Fsp3) is 0.909. The average molecular weight is 278 g/mol. The highest BCUT2D eigenvalue weighted by molar-refractivity contribution is 7.84. The highest BCUT2D eigenvalue weighted by atomic mass is 32.2. The minimum Gasteiger partial charge on any atom is -0.382 e. The maximum absolute atomic E-state index is 11.2. The van der Waals surface area contributed by atoms with Gasteiger partial charge >= 0.3 is 0 Å². The van der Waals surface area contributed by atoms with Crippen molar-refractivity contribution in [2.75, 3.05) is 32.6 Å². The molecule has 0 amide bonds. The van der Waals surface area contributed by atoms with E-state index < -0.39 is 10.8 Å². The summed E-state index contributed by atoms with van der Waals surface area (Å²) in [5, 5.41) is 3.26. The Kier molecular flexibility index (Phi) is 11.0. The predicted molar refractivity (Wildman–Crippen MR) is 76.9 cm³/mol. The van der Waals surface area contributed by atoms with Crippen molar-refractivity contribution in [3.05, 3.63) is 0 Å². The number of nitrogens with zero attached hydrogens (tertiary/aromatic N) is 1. The number of hydrazine groups is 1. The summed E-state index contributed by atoms with van der Waals surface area (Å²) in [6, 6.07) is 0. The molecule has 18 heavy (non-hydrogen) atoms. The Morgan fingerprint density at radius 3 is 2.83 bits per heavy atom. The van der Waals surface area contributed by atoms with Gasteiger partial charge in [-0.3, -0.25) is 14.6 Å². The Hall–Kier alpha value is -0.660. The molecule has 0 aliphatic rings. The van der Waals surface area contributed by atoms with Gasteiger partial charge in [0.05, 0.1) is 0 Å². The van der Waals surface area contributed by atoms with E-state index in [0.717, 1.165) is 19.4 Å². The van der Waals surface area contributed by atoms with E-state index in [1.807, 2.05) is 13.8 Å². The lowest BCUT2D eigenvalue weighted by molar-refractivity contribution is 0.146. The van der Waals surface area contributed by atoms with E-state index in [0.29, 0.717) is 25.7 Å². The lowest BCUT2D eigenvalue weighted by Gasteiger charge is -2.11. The largest absolute Gasteiger partial charge is 0.382 e. The Balaban J connectivity index is 3.74. The van der Waals surface area contributed by atoms with Crippen LogP contribution >= 0.6 is 0 Å². The average Bonchev–Trinajstić information content (AvgIpc) is 2.36. The zero-order chi connectivity index (χ0) is 13.8. The van der Waals surface area contributed by atoms with Crippen LogP contribution in [0.5, 0.6) is 0 Å². The van der Waals surface area contributed by atoms with E-state index in [-0.39, 0.29) is 5.25 Å². The van der Waals surface area contributed by atoms with Gasteiger partial charge in [-0.05, 0) is 19.8 Å². The van der Waals surface area contributed by atoms with Crippen molar-refractivity contribution in [2.45, 2.75) is 31.9 Å². The summed E-state index contributed by atoms with van der Waals surface area (Å²) in [7, 11) is -0.784. The molecule has 0 fully saturated rings. The van der Waals surface area contributed by atoms with Gasteiger partial charge in [0, 0.05) is 48.6 Å². The van der Waals surface area contributed by atoms with Crippen LogP contribution in [0, 0.1) is 0 Å². The number of hydrogen-bond donors (Lipinski definition) is 3. The molecule has 6 nitrogen and oxygen atoms in total. The third-order valence-electron chi connectivity index (χ3n) is 2.47. The topological polar surface area (TPSA) is 88.7 Å². The Bertz CT molecular complexity index is 261. The number of aliphatic imine (C=N–C) groups is 1. The van der Waals surface area contributed by atoms with Crippen molar-refractivity contribution in [3.63, 3.8) is 0 Å². The molecule has 0 aromatic rings. The van der Waals surface area contributed by atoms with E-state index >= 15 is 0 Å². The van der Waals surface area contributed by atoms with Gasteiger partial charge in [0.25, 0.3) is 0 Å². The zero-order valence-corrected chi connectivity index (χ0v) is 12.4. The van der Waals surface area contributed by atoms with Gasteiger partial charge in [-0.1, -0.05) is 6.92 Å². The van der Waals surface area contributed by atoms with Crippen molar-refractivity contribution >= 4 is 16.8 Å². The van der Waals surface area contributed by atoms with Gasteiger partial charge < -0.3 is 10.1 Å². The Labute approximate surface area is 112 Å². The number of guanidine groups is 1. The zero-order valence-electron chi connectivity index (χ0n) is 11.6. The van der Waals surface area contributed by atoms with Crippen LogP contribution < -0.4 is 16.6 Å². The third kappa shape index (κ3) is 9.38. The fourth-order valence-electron chi connectivity index (χ4n) is 1.21. The summed E-state index contributed by atoms with van der Waals surface area (Å²) in [6.45, 7) is 6.75. The SMILES string of the molecule is CCOCCCN=C(NN)NCCC(C)S(C)=O. The molecule has 0 rings (SSSR count). The molecule has 108 valence electrons. The van der Waals surface area contributed by atoms with Crippen LogP contribution in [0.4, 0.5) is 0 Å². The highest BCUT2D eigenvalue weighted by Crippen LogP contribution is 1.96. The molecule has 0 spiro atoms. The molecular weight excluding hydrogens is 252 g/mol. The maximum atomic E-state index is 11.2. The second-order valence-corrected chi connectivity index (χ2v) is 5.75. The third-order valence-corrected chi connectivity index (χ3v) is 3.84. The van der Waals surface area contributed by atoms with E-state index in [4.69, 9.17) is 10.6 Å². The molecule has 0 heterocycles. The summed E-state index contributed by atoms with van der Waals surface area (Å²) in [5.41, 5.74) is 2.52. The quantitative estimate of drug-likeness (QED) is 0.181. The molecular formula is C11H26N4O2S. The van der Waals surface area contributed by atoms with Crippen LogP contribution in [0.25, 0.3) is 0 Å². The molecule has 0 saturated heterocycles. The van der Waals surface area contributed by atoms with Gasteiger partial charge in [0.2, 0.25) is 5.96 Å². The second kappa shape index (κ2) is 11.4. The van der Waals surface area contributed by atoms with Crippen LogP contribution in [0.15, 0.2) is 4.99 Å². The molecule has 0 aromatic carbocycles. The number of ether oxygens (including phenoxy) is 1. The van der Waals surface area contributed by atoms with Gasteiger partial charge in [-0.25, -0.2) is 5.84 Å². The summed E-state index contributed by atoms with van der Waals surface area (Å²) in [4.78, 5) is 4.27. The lowest BCUT2D eigenvalue weighted by atomic mass is 10.3. The molecule has 0 aromatic heterocycles. The van der Waals surface area contributed by atoms with E-state index in [9.17, 15) is 4.21 Å². The van der Waals surface area contributed by atoms with Crippen molar-refractivity contribution in [2.24, 2.45) is 10.8 Å². The molecule has 0 bridgehead atoms. The summed E-state index contributed by atoms with van der Waals surface area (Å²) >= 11 is 0. The molecule has 2 unspecified atom stereocenters. The van der Waals surface area contributed by atoms with E-state index in [1.165, 1.54) is 0 Å². The summed E-state index contributed by atoms with van der Waals surface area (Å²) < 4.78 is 16.4. The number of nitrogens with one attached hydrogen (secondary N) is 2. The van der Waals surface area contributed by atoms with E-state index in [2.05, 4.69) is 15.7 Å². The van der Waals surface area contributed by atoms with Crippen molar-refractivity contribution < 1.29 is 8.95 Å². The number of nitrogens with two attached hydrogens (primary N) is 1. The normalized spacial score (nSPS) is 15.2. The first-order chi connectivity index (χ1) is 8.61. The second-order valence-electron chi connectivity index (χ2n) is 3.95. The molecule has 4 N–H and O–H groups in total. The number of rotatable bonds is 9. The molecule has 0 aliphatic heterocycles. The van der Waals surface area contributed by atoms with Crippen molar-refractivity contribution in [1.29, 1.82) is 0 Å². The monoisotopic (exact) mass is 278 g/mol. The lowest BCUT2D eigenvalue weighted by Crippen LogP contribution is -2.42. The molecule has 2 atom stereocenters. The standard InChI is InChI=1S/C11H26N4O2S/c1-4-17-9-5-7-13-11(15-12)14-8-6-10(2)18(3)16/h10H,4-9,12H2,1-3H3,(H2,13,14,15).